The van der Waals surface area contributed by atoms with Gasteiger partial charge in [-0.2, -0.15) is 0 Å². The average molecular weight is 1920 g/mol. The molecule has 0 aromatic heterocycles. The van der Waals surface area contributed by atoms with E-state index in [4.69, 9.17) is 37.9 Å². The van der Waals surface area contributed by atoms with Gasteiger partial charge in [0.15, 0.2) is 0 Å². The van der Waals surface area contributed by atoms with E-state index < -0.39 is 0 Å². The molecule has 0 radical (unpaired) electrons. The lowest BCUT2D eigenvalue weighted by molar-refractivity contribution is 0.295. The number of hydrogen-bond acceptors (Lipinski definition) is 8. The second-order valence-electron chi connectivity index (χ2n) is 39.1. The highest BCUT2D eigenvalue weighted by atomic mass is 16.5. The Hall–Kier alpha value is -10.7. The molecular weight excluding hydrogens is 1740 g/mol. The maximum Gasteiger partial charge on any atom is 0.127 e. The van der Waals surface area contributed by atoms with Gasteiger partial charge < -0.3 is 37.9 Å². The van der Waals surface area contributed by atoms with Gasteiger partial charge in [-0.1, -0.05) is 525 Å². The predicted molar refractivity (Wildman–Crippen MR) is 620 cm³/mol. The zero-order chi connectivity index (χ0) is 99.6. The third-order valence-electron chi connectivity index (χ3n) is 26.6. The van der Waals surface area contributed by atoms with Gasteiger partial charge in [0.1, 0.15) is 46.0 Å². The molecular formula is C134H182O8. The lowest BCUT2D eigenvalue weighted by Gasteiger charge is -2.16. The molecule has 766 valence electrons. The molecule has 0 amide bonds. The molecule has 0 bridgehead atoms. The third kappa shape index (κ3) is 47.7. The molecule has 0 unspecified atom stereocenters. The van der Waals surface area contributed by atoms with Gasteiger partial charge in [-0.05, 0) is 163 Å². The fraction of sp³-hybridized carbons (Fsp3) is 0.478. The van der Waals surface area contributed by atoms with Gasteiger partial charge >= 0.3 is 0 Å². The molecule has 0 saturated heterocycles. The van der Waals surface area contributed by atoms with Crippen LogP contribution in [0.25, 0.3) is 97.2 Å². The van der Waals surface area contributed by atoms with Crippen LogP contribution in [0.4, 0.5) is 0 Å². The molecule has 142 heavy (non-hydrogen) atoms. The first kappa shape index (κ1) is 115. The van der Waals surface area contributed by atoms with Crippen LogP contribution in [-0.2, 0) is 0 Å². The van der Waals surface area contributed by atoms with Crippen molar-refractivity contribution in [1.29, 1.82) is 0 Å². The van der Waals surface area contributed by atoms with Crippen LogP contribution in [0.5, 0.6) is 46.0 Å². The van der Waals surface area contributed by atoms with Crippen LogP contribution in [0, 0.1) is 0 Å². The van der Waals surface area contributed by atoms with Crippen molar-refractivity contribution in [3.63, 3.8) is 0 Å². The highest BCUT2D eigenvalue weighted by Crippen LogP contribution is 2.39. The van der Waals surface area contributed by atoms with Crippen LogP contribution in [0.15, 0.2) is 182 Å². The lowest BCUT2D eigenvalue weighted by atomic mass is 10.0. The Labute approximate surface area is 862 Å². The second-order valence-corrected chi connectivity index (χ2v) is 39.1. The Balaban J connectivity index is 1.03. The van der Waals surface area contributed by atoms with Crippen LogP contribution < -0.4 is 37.9 Å². The molecule has 0 atom stereocenters. The number of benzene rings is 9. The normalized spacial score (nSPS) is 11.9. The van der Waals surface area contributed by atoms with Crippen molar-refractivity contribution in [3.8, 4) is 46.0 Å². The minimum Gasteiger partial charge on any atom is -0.493 e. The summed E-state index contributed by atoms with van der Waals surface area (Å²) >= 11 is 0. The van der Waals surface area contributed by atoms with Crippen molar-refractivity contribution >= 4 is 97.2 Å². The van der Waals surface area contributed by atoms with Crippen molar-refractivity contribution in [2.24, 2.45) is 0 Å². The maximum absolute atomic E-state index is 6.96. The van der Waals surface area contributed by atoms with Gasteiger partial charge in [0.2, 0.25) is 0 Å². The van der Waals surface area contributed by atoms with Crippen molar-refractivity contribution < 1.29 is 37.9 Å². The molecule has 0 aliphatic rings. The van der Waals surface area contributed by atoms with E-state index in [2.05, 4.69) is 335 Å². The zero-order valence-electron chi connectivity index (χ0n) is 89.4. The highest BCUT2D eigenvalue weighted by Gasteiger charge is 2.18. The minimum absolute atomic E-state index is 0.633. The van der Waals surface area contributed by atoms with Crippen LogP contribution in [0.2, 0.25) is 0 Å². The van der Waals surface area contributed by atoms with Crippen LogP contribution in [0.3, 0.4) is 0 Å². The molecule has 0 aliphatic carbocycles. The molecule has 8 heteroatoms. The number of hydrogen-bond donors (Lipinski definition) is 0. The van der Waals surface area contributed by atoms with E-state index in [0.29, 0.717) is 52.9 Å². The van der Waals surface area contributed by atoms with Gasteiger partial charge in [0.25, 0.3) is 0 Å². The summed E-state index contributed by atoms with van der Waals surface area (Å²) in [6.45, 7) is 23.5. The van der Waals surface area contributed by atoms with Gasteiger partial charge in [0.05, 0.1) is 52.9 Å². The maximum atomic E-state index is 6.96. The van der Waals surface area contributed by atoms with E-state index in [1.807, 2.05) is 0 Å². The predicted octanol–water partition coefficient (Wildman–Crippen LogP) is 41.0. The van der Waals surface area contributed by atoms with Crippen LogP contribution >= 0.6 is 0 Å². The Bertz CT molecular complexity index is 4800. The largest absolute Gasteiger partial charge is 0.493 e. The van der Waals surface area contributed by atoms with Gasteiger partial charge in [0, 0.05) is 44.5 Å². The van der Waals surface area contributed by atoms with Gasteiger partial charge in [-0.3, -0.25) is 0 Å². The molecule has 9 aromatic rings. The number of rotatable bonds is 80. The Morgan fingerprint density at radius 3 is 0.401 bits per heavy atom. The van der Waals surface area contributed by atoms with E-state index in [1.165, 1.54) is 218 Å². The Morgan fingerprint density at radius 1 is 0.127 bits per heavy atom. The first-order valence-corrected chi connectivity index (χ1v) is 56.8. The molecule has 8 nitrogen and oxygen atoms in total. The first-order chi connectivity index (χ1) is 70.2. The summed E-state index contributed by atoms with van der Waals surface area (Å²) in [5.41, 5.74) is 16.8. The smallest absolute Gasteiger partial charge is 0.127 e. The summed E-state index contributed by atoms with van der Waals surface area (Å²) in [6, 6.07) is 65.2. The molecule has 0 N–H and O–H groups in total. The summed E-state index contributed by atoms with van der Waals surface area (Å²) in [5, 5.41) is 0. The summed E-state index contributed by atoms with van der Waals surface area (Å²) in [7, 11) is 0. The summed E-state index contributed by atoms with van der Waals surface area (Å²) in [4.78, 5) is 0. The standard InChI is InChI=1S/C134H182O8/c1-9-17-25-33-41-55-92-135-127-105-121(129(137-94-57-43-35-27-19-11-3)103-119(127)84-76-111-66-51-49-52-67-111)86-78-113-70-63-72-115(100-113)80-88-123-107-133(141-98-61-47-39-31-23-15-7)125(109-131(123)139-96-59-45-37-29-21-13-5)90-82-117-74-65-75-118(102-117)83-91-126-110-132(140-97-60-46-38-30-22-14-6)124(108-134(126)142-99-62-48-40-32-24-16-8)89-81-116-73-64-71-114(101-116)79-87-122-106-128(136-93-56-42-34-26-18-10-2)120(85-77-112-68-53-50-54-69-112)104-130(122)138-95-58-44-36-28-20-12-4/h49-54,63-91,100-110H,9-48,55-62,92-99H2,1-8H3/b84-76+,85-77+,86-78-,87-79+,88-80+,89-81+,90-82-,91-83+. The van der Waals surface area contributed by atoms with Crippen LogP contribution in [0.1, 0.15) is 453 Å². The summed E-state index contributed by atoms with van der Waals surface area (Å²) < 4.78 is 54.9. The molecule has 0 saturated carbocycles. The quantitative estimate of drug-likeness (QED) is 0.0276. The van der Waals surface area contributed by atoms with E-state index in [-0.39, 0.29) is 0 Å². The van der Waals surface area contributed by atoms with Crippen molar-refractivity contribution in [3.05, 3.63) is 271 Å². The number of ether oxygens (including phenoxy) is 8. The van der Waals surface area contributed by atoms with Crippen molar-refractivity contribution in [2.45, 2.75) is 364 Å². The Morgan fingerprint density at radius 2 is 0.254 bits per heavy atom. The Kier molecular flexibility index (Phi) is 60.1. The minimum atomic E-state index is 0.633. The van der Waals surface area contributed by atoms with Crippen molar-refractivity contribution in [1.82, 2.24) is 0 Å². The fourth-order valence-electron chi connectivity index (χ4n) is 17.8. The summed E-state index contributed by atoms with van der Waals surface area (Å²) in [6.07, 6.45) is 92.7. The first-order valence-electron chi connectivity index (χ1n) is 56.8. The van der Waals surface area contributed by atoms with Crippen molar-refractivity contribution in [2.75, 3.05) is 52.9 Å². The second kappa shape index (κ2) is 74.2. The third-order valence-corrected chi connectivity index (χ3v) is 26.6. The van der Waals surface area contributed by atoms with Gasteiger partial charge in [-0.15, -0.1) is 0 Å². The molecule has 0 fully saturated rings. The molecule has 0 spiro atoms. The molecule has 0 heterocycles. The zero-order valence-corrected chi connectivity index (χ0v) is 89.4. The molecule has 9 rings (SSSR count). The van der Waals surface area contributed by atoms with E-state index in [0.717, 1.165) is 225 Å². The van der Waals surface area contributed by atoms with E-state index >= 15 is 0 Å². The number of unbranched alkanes of at least 4 members (excludes halogenated alkanes) is 40. The van der Waals surface area contributed by atoms with Gasteiger partial charge in [-0.25, -0.2) is 0 Å². The highest BCUT2D eigenvalue weighted by molar-refractivity contribution is 5.85. The fourth-order valence-corrected chi connectivity index (χ4v) is 17.8. The van der Waals surface area contributed by atoms with Crippen LogP contribution in [-0.4, -0.2) is 52.9 Å². The lowest BCUT2D eigenvalue weighted by Crippen LogP contribution is -2.03. The van der Waals surface area contributed by atoms with E-state index in [1.54, 1.807) is 0 Å². The topological polar surface area (TPSA) is 73.8 Å². The molecule has 9 aromatic carbocycles. The average Bonchev–Trinajstić information content (AvgIpc) is 0.845. The molecule has 0 aliphatic heterocycles. The monoisotopic (exact) mass is 1920 g/mol. The SMILES string of the molecule is CCCCCCCCOc1cc(/C=C/c2ccccc2)c(OCCCCCCCC)cc1/C=C\c1cccc(/C=C/c2cc(OCCCCCCCC)c(/C=C\c3cccc(/C=C/c4cc(OCCCCCCCC)c(/C=C/c5cccc(/C=C/c6cc(OCCCCCCCC)c(/C=C/c7ccccc7)cc6OCCCCCCCC)c5)cc4OCCCCCCCC)c3)cc2OCCCCCCCC)c1. The summed E-state index contributed by atoms with van der Waals surface area (Å²) in [5.74, 6) is 6.89. The van der Waals surface area contributed by atoms with E-state index in [9.17, 15) is 0 Å².